The SMILES string of the molecule is CC(Oc1ccc(Cl)cc1Cl)c1nnc(SCc2csc(-c3ccccc3)n2)n1C. The predicted octanol–water partition coefficient (Wildman–Crippen LogP) is 6.68. The molecular weight excluding hydrogens is 459 g/mol. The number of benzene rings is 2. The monoisotopic (exact) mass is 476 g/mol. The lowest BCUT2D eigenvalue weighted by Gasteiger charge is -2.15. The van der Waals surface area contributed by atoms with Crippen LogP contribution in [0.4, 0.5) is 0 Å². The van der Waals surface area contributed by atoms with Gasteiger partial charge in [-0.15, -0.1) is 21.5 Å². The number of thioether (sulfide) groups is 1. The second-order valence-electron chi connectivity index (χ2n) is 6.53. The van der Waals surface area contributed by atoms with Gasteiger partial charge in [-0.3, -0.25) is 0 Å². The zero-order valence-electron chi connectivity index (χ0n) is 16.3. The topological polar surface area (TPSA) is 52.8 Å². The summed E-state index contributed by atoms with van der Waals surface area (Å²) in [7, 11) is 1.93. The molecule has 5 nitrogen and oxygen atoms in total. The molecule has 0 saturated carbocycles. The fourth-order valence-corrected chi connectivity index (χ4v) is 5.04. The minimum absolute atomic E-state index is 0.320. The van der Waals surface area contributed by atoms with Crippen molar-refractivity contribution in [2.45, 2.75) is 23.9 Å². The minimum Gasteiger partial charge on any atom is -0.481 e. The summed E-state index contributed by atoms with van der Waals surface area (Å²) in [5.41, 5.74) is 2.15. The fraction of sp³-hybridized carbons (Fsp3) is 0.190. The molecule has 2 heterocycles. The fourth-order valence-electron chi connectivity index (χ4n) is 2.84. The molecule has 154 valence electrons. The van der Waals surface area contributed by atoms with E-state index in [-0.39, 0.29) is 6.10 Å². The molecule has 4 aromatic rings. The molecule has 0 saturated heterocycles. The first-order chi connectivity index (χ1) is 14.5. The molecule has 0 N–H and O–H groups in total. The number of aromatic nitrogens is 4. The Bertz CT molecular complexity index is 1150. The molecule has 1 unspecified atom stereocenters. The first-order valence-corrected chi connectivity index (χ1v) is 11.8. The van der Waals surface area contributed by atoms with Gasteiger partial charge < -0.3 is 9.30 Å². The first kappa shape index (κ1) is 21.2. The number of thiazole rings is 1. The van der Waals surface area contributed by atoms with Crippen molar-refractivity contribution in [3.63, 3.8) is 0 Å². The van der Waals surface area contributed by atoms with Crippen molar-refractivity contribution in [1.82, 2.24) is 19.7 Å². The van der Waals surface area contributed by atoms with Crippen LogP contribution < -0.4 is 4.74 Å². The maximum absolute atomic E-state index is 6.21. The van der Waals surface area contributed by atoms with E-state index in [4.69, 9.17) is 32.9 Å². The van der Waals surface area contributed by atoms with Gasteiger partial charge in [0.2, 0.25) is 0 Å². The number of halogens is 2. The van der Waals surface area contributed by atoms with Crippen molar-refractivity contribution in [3.05, 3.63) is 75.5 Å². The average Bonchev–Trinajstić information content (AvgIpc) is 3.36. The smallest absolute Gasteiger partial charge is 0.191 e. The van der Waals surface area contributed by atoms with Gasteiger partial charge in [0, 0.05) is 28.8 Å². The van der Waals surface area contributed by atoms with Crippen LogP contribution in [0.15, 0.2) is 59.1 Å². The summed E-state index contributed by atoms with van der Waals surface area (Å²) in [5.74, 6) is 1.99. The second kappa shape index (κ2) is 9.39. The molecule has 0 radical (unpaired) electrons. The summed E-state index contributed by atoms with van der Waals surface area (Å²) in [5, 5.41) is 13.6. The highest BCUT2D eigenvalue weighted by atomic mass is 35.5. The number of hydrogen-bond donors (Lipinski definition) is 0. The molecular formula is C21H18Cl2N4OS2. The van der Waals surface area contributed by atoms with Gasteiger partial charge >= 0.3 is 0 Å². The lowest BCUT2D eigenvalue weighted by molar-refractivity contribution is 0.211. The summed E-state index contributed by atoms with van der Waals surface area (Å²) in [6.07, 6.45) is -0.320. The highest BCUT2D eigenvalue weighted by Crippen LogP contribution is 2.32. The maximum Gasteiger partial charge on any atom is 0.191 e. The van der Waals surface area contributed by atoms with E-state index >= 15 is 0 Å². The second-order valence-corrected chi connectivity index (χ2v) is 9.18. The lowest BCUT2D eigenvalue weighted by atomic mass is 10.2. The van der Waals surface area contributed by atoms with Crippen molar-refractivity contribution < 1.29 is 4.74 Å². The maximum atomic E-state index is 6.21. The van der Waals surface area contributed by atoms with Crippen LogP contribution in [0, 0.1) is 0 Å². The number of hydrogen-bond acceptors (Lipinski definition) is 6. The normalized spacial score (nSPS) is 12.1. The predicted molar refractivity (Wildman–Crippen MR) is 124 cm³/mol. The van der Waals surface area contributed by atoms with Gasteiger partial charge in [0.25, 0.3) is 0 Å². The zero-order valence-corrected chi connectivity index (χ0v) is 19.4. The van der Waals surface area contributed by atoms with Gasteiger partial charge in [0.05, 0.1) is 10.7 Å². The molecule has 0 aliphatic heterocycles. The highest BCUT2D eigenvalue weighted by Gasteiger charge is 2.19. The van der Waals surface area contributed by atoms with Crippen LogP contribution >= 0.6 is 46.3 Å². The summed E-state index contributed by atoms with van der Waals surface area (Å²) in [6.45, 7) is 1.91. The van der Waals surface area contributed by atoms with E-state index < -0.39 is 0 Å². The Morgan fingerprint density at radius 3 is 2.70 bits per heavy atom. The van der Waals surface area contributed by atoms with Crippen LogP contribution in [-0.2, 0) is 12.8 Å². The van der Waals surface area contributed by atoms with Crippen molar-refractivity contribution in [3.8, 4) is 16.3 Å². The molecule has 9 heteroatoms. The molecule has 30 heavy (non-hydrogen) atoms. The summed E-state index contributed by atoms with van der Waals surface area (Å²) < 4.78 is 7.90. The number of rotatable bonds is 7. The summed E-state index contributed by atoms with van der Waals surface area (Å²) >= 11 is 15.4. The third-order valence-corrected chi connectivity index (χ3v) is 6.88. The first-order valence-electron chi connectivity index (χ1n) is 9.15. The number of nitrogens with zero attached hydrogens (tertiary/aromatic N) is 4. The molecule has 2 aromatic heterocycles. The zero-order chi connectivity index (χ0) is 21.1. The van der Waals surface area contributed by atoms with E-state index in [9.17, 15) is 0 Å². The van der Waals surface area contributed by atoms with E-state index in [0.717, 1.165) is 21.4 Å². The molecule has 1 atom stereocenters. The van der Waals surface area contributed by atoms with Gasteiger partial charge in [0.1, 0.15) is 10.8 Å². The largest absolute Gasteiger partial charge is 0.481 e. The number of ether oxygens (including phenoxy) is 1. The Morgan fingerprint density at radius 2 is 1.93 bits per heavy atom. The molecule has 4 rings (SSSR count). The quantitative estimate of drug-likeness (QED) is 0.278. The minimum atomic E-state index is -0.320. The van der Waals surface area contributed by atoms with Gasteiger partial charge in [-0.1, -0.05) is 65.3 Å². The van der Waals surface area contributed by atoms with Crippen molar-refractivity contribution >= 4 is 46.3 Å². The van der Waals surface area contributed by atoms with Crippen molar-refractivity contribution in [2.75, 3.05) is 0 Å². The molecule has 0 fully saturated rings. The molecule has 0 amide bonds. The van der Waals surface area contributed by atoms with Crippen LogP contribution in [0.1, 0.15) is 24.5 Å². The standard InChI is InChI=1S/C21H18Cl2N4OS2/c1-13(28-18-9-8-15(22)10-17(18)23)19-25-26-21(27(19)2)30-12-16-11-29-20(24-16)14-6-4-3-5-7-14/h3-11,13H,12H2,1-2H3. The van der Waals surface area contributed by atoms with Crippen LogP contribution in [0.25, 0.3) is 10.6 Å². The van der Waals surface area contributed by atoms with E-state index in [0.29, 0.717) is 27.4 Å². The van der Waals surface area contributed by atoms with E-state index in [1.165, 1.54) is 0 Å². The van der Waals surface area contributed by atoms with E-state index in [2.05, 4.69) is 27.7 Å². The lowest BCUT2D eigenvalue weighted by Crippen LogP contribution is -2.10. The highest BCUT2D eigenvalue weighted by molar-refractivity contribution is 7.98. The Hall–Kier alpha value is -2.06. The van der Waals surface area contributed by atoms with Crippen molar-refractivity contribution in [1.29, 1.82) is 0 Å². The average molecular weight is 477 g/mol. The van der Waals surface area contributed by atoms with Crippen LogP contribution in [0.3, 0.4) is 0 Å². The molecule has 0 bridgehead atoms. The Morgan fingerprint density at radius 1 is 1.13 bits per heavy atom. The van der Waals surface area contributed by atoms with Gasteiger partial charge in [-0.25, -0.2) is 4.98 Å². The third kappa shape index (κ3) is 4.81. The van der Waals surface area contributed by atoms with E-state index in [1.54, 1.807) is 41.3 Å². The van der Waals surface area contributed by atoms with Crippen molar-refractivity contribution in [2.24, 2.45) is 7.05 Å². The van der Waals surface area contributed by atoms with Crippen LogP contribution in [0.5, 0.6) is 5.75 Å². The Kier molecular flexibility index (Phi) is 6.63. The molecule has 0 spiro atoms. The van der Waals surface area contributed by atoms with Crippen LogP contribution in [-0.4, -0.2) is 19.7 Å². The third-order valence-electron chi connectivity index (χ3n) is 4.35. The molecule has 0 aliphatic rings. The van der Waals surface area contributed by atoms with Gasteiger partial charge in [0.15, 0.2) is 17.1 Å². The van der Waals surface area contributed by atoms with E-state index in [1.807, 2.05) is 36.7 Å². The van der Waals surface area contributed by atoms with Crippen LogP contribution in [0.2, 0.25) is 10.0 Å². The molecule has 2 aromatic carbocycles. The summed E-state index contributed by atoms with van der Waals surface area (Å²) in [4.78, 5) is 4.73. The van der Waals surface area contributed by atoms with Gasteiger partial charge in [-0.05, 0) is 25.1 Å². The Labute approximate surface area is 193 Å². The Balaban J connectivity index is 1.41. The molecule has 0 aliphatic carbocycles. The summed E-state index contributed by atoms with van der Waals surface area (Å²) in [6, 6.07) is 15.3. The van der Waals surface area contributed by atoms with Gasteiger partial charge in [-0.2, -0.15) is 0 Å².